The fourth-order valence-electron chi connectivity index (χ4n) is 2.94. The molecule has 1 aromatic rings. The zero-order valence-corrected chi connectivity index (χ0v) is 15.6. The minimum Gasteiger partial charge on any atom is -0.352 e. The maximum Gasteiger partial charge on any atom is 0.325 e. The molecule has 0 radical (unpaired) electrons. The molecule has 0 bridgehead atoms. The lowest BCUT2D eigenvalue weighted by Crippen LogP contribution is -2.45. The van der Waals surface area contributed by atoms with E-state index in [0.717, 1.165) is 17.7 Å². The van der Waals surface area contributed by atoms with E-state index < -0.39 is 23.3 Å². The molecular formula is C19H26FN3O3. The van der Waals surface area contributed by atoms with Crippen LogP contribution in [0.15, 0.2) is 24.3 Å². The van der Waals surface area contributed by atoms with E-state index in [1.165, 1.54) is 24.3 Å². The molecule has 142 valence electrons. The van der Waals surface area contributed by atoms with Crippen LogP contribution in [0.2, 0.25) is 0 Å². The fraction of sp³-hybridized carbons (Fsp3) is 0.526. The molecule has 4 amide bonds. The first-order valence-corrected chi connectivity index (χ1v) is 8.83. The van der Waals surface area contributed by atoms with Crippen LogP contribution in [0.1, 0.15) is 46.1 Å². The van der Waals surface area contributed by atoms with E-state index in [-0.39, 0.29) is 18.5 Å². The first kappa shape index (κ1) is 19.9. The van der Waals surface area contributed by atoms with Gasteiger partial charge in [0.15, 0.2) is 0 Å². The molecular weight excluding hydrogens is 337 g/mol. The van der Waals surface area contributed by atoms with E-state index in [1.807, 2.05) is 6.92 Å². The smallest absolute Gasteiger partial charge is 0.325 e. The van der Waals surface area contributed by atoms with Gasteiger partial charge in [-0.1, -0.05) is 26.0 Å². The standard InChI is InChI=1S/C19H26FN3O3/c1-12(2)5-6-13(3)21-16(24)11-23-17(25)19(4,22-18(23)26)14-7-9-15(20)10-8-14/h7-10,12-13H,5-6,11H2,1-4H3,(H,21,24)(H,22,26)/t13-,19+/m0/s1. The van der Waals surface area contributed by atoms with Crippen molar-refractivity contribution in [2.75, 3.05) is 6.54 Å². The second-order valence-electron chi connectivity index (χ2n) is 7.39. The van der Waals surface area contributed by atoms with Crippen molar-refractivity contribution in [1.29, 1.82) is 0 Å². The zero-order valence-electron chi connectivity index (χ0n) is 15.6. The van der Waals surface area contributed by atoms with Gasteiger partial charge in [0.2, 0.25) is 5.91 Å². The third-order valence-corrected chi connectivity index (χ3v) is 4.58. The number of urea groups is 1. The van der Waals surface area contributed by atoms with Crippen molar-refractivity contribution < 1.29 is 18.8 Å². The Kier molecular flexibility index (Phi) is 6.00. The number of hydrogen-bond acceptors (Lipinski definition) is 3. The van der Waals surface area contributed by atoms with Gasteiger partial charge in [-0.3, -0.25) is 14.5 Å². The number of halogens is 1. The van der Waals surface area contributed by atoms with Gasteiger partial charge in [-0.2, -0.15) is 0 Å². The molecule has 1 fully saturated rings. The Bertz CT molecular complexity index is 690. The summed E-state index contributed by atoms with van der Waals surface area (Å²) in [6.07, 6.45) is 1.81. The summed E-state index contributed by atoms with van der Waals surface area (Å²) in [5.41, 5.74) is -0.848. The number of rotatable bonds is 7. The minimum atomic E-state index is -1.31. The number of nitrogens with one attached hydrogen (secondary N) is 2. The number of hydrogen-bond donors (Lipinski definition) is 2. The Hall–Kier alpha value is -2.44. The van der Waals surface area contributed by atoms with Gasteiger partial charge in [-0.05, 0) is 50.3 Å². The number of carbonyl (C=O) groups is 3. The van der Waals surface area contributed by atoms with Gasteiger partial charge in [0, 0.05) is 6.04 Å². The summed E-state index contributed by atoms with van der Waals surface area (Å²) in [4.78, 5) is 38.0. The first-order valence-electron chi connectivity index (χ1n) is 8.83. The van der Waals surface area contributed by atoms with Crippen molar-refractivity contribution in [2.45, 2.75) is 52.1 Å². The van der Waals surface area contributed by atoms with Crippen molar-refractivity contribution >= 4 is 17.8 Å². The zero-order chi connectivity index (χ0) is 19.5. The summed E-state index contributed by atoms with van der Waals surface area (Å²) in [5, 5.41) is 5.42. The van der Waals surface area contributed by atoms with Crippen LogP contribution in [0.5, 0.6) is 0 Å². The Morgan fingerprint density at radius 3 is 2.38 bits per heavy atom. The highest BCUT2D eigenvalue weighted by molar-refractivity contribution is 6.09. The Balaban J connectivity index is 2.02. The monoisotopic (exact) mass is 363 g/mol. The van der Waals surface area contributed by atoms with Crippen LogP contribution in [0.4, 0.5) is 9.18 Å². The maximum atomic E-state index is 13.1. The lowest BCUT2D eigenvalue weighted by molar-refractivity contribution is -0.135. The molecule has 2 rings (SSSR count). The van der Waals surface area contributed by atoms with Crippen LogP contribution in [0.3, 0.4) is 0 Å². The van der Waals surface area contributed by atoms with E-state index in [0.29, 0.717) is 11.5 Å². The summed E-state index contributed by atoms with van der Waals surface area (Å²) in [7, 11) is 0. The molecule has 6 nitrogen and oxygen atoms in total. The van der Waals surface area contributed by atoms with E-state index in [9.17, 15) is 18.8 Å². The average Bonchev–Trinajstić information content (AvgIpc) is 2.77. The third-order valence-electron chi connectivity index (χ3n) is 4.58. The second kappa shape index (κ2) is 7.85. The molecule has 0 aromatic heterocycles. The predicted molar refractivity (Wildman–Crippen MR) is 95.7 cm³/mol. The Labute approximate surface area is 153 Å². The summed E-state index contributed by atoms with van der Waals surface area (Å²) < 4.78 is 13.1. The largest absolute Gasteiger partial charge is 0.352 e. The molecule has 7 heteroatoms. The van der Waals surface area contributed by atoms with Gasteiger partial charge < -0.3 is 10.6 Å². The molecule has 2 N–H and O–H groups in total. The fourth-order valence-corrected chi connectivity index (χ4v) is 2.94. The molecule has 1 saturated heterocycles. The lowest BCUT2D eigenvalue weighted by atomic mass is 9.92. The summed E-state index contributed by atoms with van der Waals surface area (Å²) in [5.74, 6) is -0.801. The van der Waals surface area contributed by atoms with Gasteiger partial charge in [0.1, 0.15) is 17.9 Å². The van der Waals surface area contributed by atoms with E-state index in [4.69, 9.17) is 0 Å². The maximum absolute atomic E-state index is 13.1. The summed E-state index contributed by atoms with van der Waals surface area (Å²) >= 11 is 0. The van der Waals surface area contributed by atoms with Gasteiger partial charge in [-0.15, -0.1) is 0 Å². The van der Waals surface area contributed by atoms with Gasteiger partial charge >= 0.3 is 6.03 Å². The van der Waals surface area contributed by atoms with Crippen LogP contribution in [-0.2, 0) is 15.1 Å². The molecule has 1 heterocycles. The van der Waals surface area contributed by atoms with Gasteiger partial charge in [-0.25, -0.2) is 9.18 Å². The van der Waals surface area contributed by atoms with E-state index in [1.54, 1.807) is 6.92 Å². The molecule has 1 aliphatic heterocycles. The average molecular weight is 363 g/mol. The SMILES string of the molecule is CC(C)CC[C@H](C)NC(=O)CN1C(=O)N[C@](C)(c2ccc(F)cc2)C1=O. The van der Waals surface area contributed by atoms with Crippen LogP contribution in [0.25, 0.3) is 0 Å². The van der Waals surface area contributed by atoms with E-state index >= 15 is 0 Å². The molecule has 2 atom stereocenters. The van der Waals surface area contributed by atoms with Crippen LogP contribution in [0, 0.1) is 11.7 Å². The van der Waals surface area contributed by atoms with Gasteiger partial charge in [0.05, 0.1) is 0 Å². The molecule has 0 spiro atoms. The number of amides is 4. The Morgan fingerprint density at radius 1 is 1.19 bits per heavy atom. The number of carbonyl (C=O) groups excluding carboxylic acids is 3. The van der Waals surface area contributed by atoms with Crippen molar-refractivity contribution in [2.24, 2.45) is 5.92 Å². The number of benzene rings is 1. The molecule has 1 aromatic carbocycles. The van der Waals surface area contributed by atoms with Crippen molar-refractivity contribution in [1.82, 2.24) is 15.5 Å². The van der Waals surface area contributed by atoms with Crippen molar-refractivity contribution in [3.05, 3.63) is 35.6 Å². The molecule has 0 saturated carbocycles. The normalized spacial score (nSPS) is 21.1. The van der Waals surface area contributed by atoms with Gasteiger partial charge in [0.25, 0.3) is 5.91 Å². The summed E-state index contributed by atoms with van der Waals surface area (Å²) in [6, 6.07) is 4.69. The number of imide groups is 1. The quantitative estimate of drug-likeness (QED) is 0.731. The molecule has 26 heavy (non-hydrogen) atoms. The minimum absolute atomic E-state index is 0.0332. The first-order chi connectivity index (χ1) is 12.1. The highest BCUT2D eigenvalue weighted by Crippen LogP contribution is 2.28. The van der Waals surface area contributed by atoms with Crippen molar-refractivity contribution in [3.8, 4) is 0 Å². The third kappa shape index (κ3) is 4.39. The lowest BCUT2D eigenvalue weighted by Gasteiger charge is -2.22. The van der Waals surface area contributed by atoms with Crippen LogP contribution >= 0.6 is 0 Å². The molecule has 0 aliphatic carbocycles. The number of nitrogens with zero attached hydrogens (tertiary/aromatic N) is 1. The highest BCUT2D eigenvalue weighted by atomic mass is 19.1. The Morgan fingerprint density at radius 2 is 1.81 bits per heavy atom. The van der Waals surface area contributed by atoms with Crippen LogP contribution < -0.4 is 10.6 Å². The second-order valence-corrected chi connectivity index (χ2v) is 7.39. The summed E-state index contributed by atoms with van der Waals surface area (Å²) in [6.45, 7) is 7.32. The predicted octanol–water partition coefficient (Wildman–Crippen LogP) is 2.53. The highest BCUT2D eigenvalue weighted by Gasteiger charge is 2.49. The van der Waals surface area contributed by atoms with Crippen molar-refractivity contribution in [3.63, 3.8) is 0 Å². The topological polar surface area (TPSA) is 78.5 Å². The van der Waals surface area contributed by atoms with E-state index in [2.05, 4.69) is 24.5 Å². The molecule has 1 aliphatic rings. The van der Waals surface area contributed by atoms with Crippen LogP contribution in [-0.4, -0.2) is 35.3 Å². The molecule has 0 unspecified atom stereocenters.